The Morgan fingerprint density at radius 1 is 1.52 bits per heavy atom. The van der Waals surface area contributed by atoms with E-state index in [0.717, 1.165) is 13.1 Å². The predicted octanol–water partition coefficient (Wildman–Crippen LogP) is 2.32. The normalized spacial score (nSPS) is 21.2. The lowest BCUT2D eigenvalue weighted by atomic mass is 9.97. The number of nitrogens with two attached hydrogens (primary N) is 1. The summed E-state index contributed by atoms with van der Waals surface area (Å²) in [5, 5.41) is 0.595. The van der Waals surface area contributed by atoms with E-state index in [1.807, 2.05) is 23.8 Å². The molecular formula is C17H20ClN3O3S. The van der Waals surface area contributed by atoms with Crippen molar-refractivity contribution in [2.24, 2.45) is 5.73 Å². The van der Waals surface area contributed by atoms with Gasteiger partial charge in [-0.1, -0.05) is 17.7 Å². The minimum atomic E-state index is -0.767. The summed E-state index contributed by atoms with van der Waals surface area (Å²) in [6.45, 7) is 2.87. The number of hydrogen-bond acceptors (Lipinski definition) is 6. The van der Waals surface area contributed by atoms with Crippen LogP contribution in [0.15, 0.2) is 36.0 Å². The summed E-state index contributed by atoms with van der Waals surface area (Å²) in [5.74, 6) is 0.230. The maximum Gasteiger partial charge on any atom is 0.220 e. The molecule has 1 fully saturated rings. The van der Waals surface area contributed by atoms with E-state index in [1.54, 1.807) is 23.5 Å². The van der Waals surface area contributed by atoms with Crippen LogP contribution in [0.25, 0.3) is 0 Å². The molecule has 1 unspecified atom stereocenters. The molecule has 0 aliphatic carbocycles. The Morgan fingerprint density at radius 3 is 3.12 bits per heavy atom. The van der Waals surface area contributed by atoms with Crippen LogP contribution < -0.4 is 10.5 Å². The third-order valence-electron chi connectivity index (χ3n) is 3.98. The zero-order valence-electron chi connectivity index (χ0n) is 13.7. The van der Waals surface area contributed by atoms with Crippen LogP contribution in [0.1, 0.15) is 11.3 Å². The van der Waals surface area contributed by atoms with E-state index in [9.17, 15) is 4.79 Å². The number of nitrogens with zero attached hydrogens (tertiary/aromatic N) is 2. The van der Waals surface area contributed by atoms with Crippen LogP contribution in [-0.2, 0) is 16.1 Å². The van der Waals surface area contributed by atoms with Crippen molar-refractivity contribution in [1.29, 1.82) is 0 Å². The minimum absolute atomic E-state index is 0.104. The number of morpholine rings is 1. The van der Waals surface area contributed by atoms with Crippen LogP contribution in [0.2, 0.25) is 5.02 Å². The smallest absolute Gasteiger partial charge is 0.220 e. The van der Waals surface area contributed by atoms with Gasteiger partial charge in [0.05, 0.1) is 18.5 Å². The fourth-order valence-electron chi connectivity index (χ4n) is 2.93. The summed E-state index contributed by atoms with van der Waals surface area (Å²) in [6.07, 6.45) is 1.96. The molecule has 1 aromatic heterocycles. The second kappa shape index (κ2) is 8.14. The lowest BCUT2D eigenvalue weighted by molar-refractivity contribution is -0.148. The number of hydrogen-bond donors (Lipinski definition) is 1. The monoisotopic (exact) mass is 381 g/mol. The fraction of sp³-hybridized carbons (Fsp3) is 0.412. The first-order chi connectivity index (χ1) is 12.0. The Balaban J connectivity index is 1.69. The van der Waals surface area contributed by atoms with E-state index < -0.39 is 11.5 Å². The Kier molecular flexibility index (Phi) is 5.90. The highest BCUT2D eigenvalue weighted by molar-refractivity contribution is 7.09. The molecule has 6 nitrogen and oxygen atoms in total. The number of carbonyl (C=O) groups is 1. The third kappa shape index (κ3) is 5.15. The van der Waals surface area contributed by atoms with Crippen LogP contribution in [0.3, 0.4) is 0 Å². The molecule has 0 saturated carbocycles. The summed E-state index contributed by atoms with van der Waals surface area (Å²) >= 11 is 7.60. The highest BCUT2D eigenvalue weighted by Crippen LogP contribution is 2.26. The number of carbonyl (C=O) groups excluding carboxylic acids is 1. The van der Waals surface area contributed by atoms with Crippen molar-refractivity contribution in [3.63, 3.8) is 0 Å². The number of rotatable bonds is 7. The maximum absolute atomic E-state index is 11.6. The first kappa shape index (κ1) is 18.1. The standard InChI is InChI=1S/C17H20ClN3O3S/c18-13-2-1-3-14(6-13)23-11-17(7-16(19)22)10-21(4-5-24-17)9-15-8-20-12-25-15/h1-3,6,8,12H,4-5,7,9-11H2,(H2,19,22). The molecule has 1 aromatic carbocycles. The van der Waals surface area contributed by atoms with E-state index >= 15 is 0 Å². The first-order valence-electron chi connectivity index (χ1n) is 7.95. The van der Waals surface area contributed by atoms with Crippen LogP contribution in [0.5, 0.6) is 5.75 Å². The molecule has 134 valence electrons. The predicted molar refractivity (Wildman–Crippen MR) is 96.8 cm³/mol. The molecule has 1 atom stereocenters. The van der Waals surface area contributed by atoms with Crippen LogP contribution in [-0.4, -0.2) is 47.7 Å². The van der Waals surface area contributed by atoms with E-state index in [0.29, 0.717) is 23.9 Å². The molecule has 3 rings (SSSR count). The SMILES string of the molecule is NC(=O)CC1(COc2cccc(Cl)c2)CN(Cc2cncs2)CCO1. The van der Waals surface area contributed by atoms with Crippen molar-refractivity contribution in [2.45, 2.75) is 18.6 Å². The lowest BCUT2D eigenvalue weighted by Gasteiger charge is -2.41. The second-order valence-electron chi connectivity index (χ2n) is 6.10. The van der Waals surface area contributed by atoms with E-state index in [1.165, 1.54) is 4.88 Å². The number of ether oxygens (including phenoxy) is 2. The Labute approximate surface area is 155 Å². The topological polar surface area (TPSA) is 77.7 Å². The summed E-state index contributed by atoms with van der Waals surface area (Å²) < 4.78 is 11.8. The number of primary amides is 1. The highest BCUT2D eigenvalue weighted by Gasteiger charge is 2.39. The lowest BCUT2D eigenvalue weighted by Crippen LogP contribution is -2.56. The van der Waals surface area contributed by atoms with Gasteiger partial charge in [0, 0.05) is 35.7 Å². The molecule has 1 saturated heterocycles. The maximum atomic E-state index is 11.6. The van der Waals surface area contributed by atoms with Crippen molar-refractivity contribution < 1.29 is 14.3 Å². The quantitative estimate of drug-likeness (QED) is 0.796. The van der Waals surface area contributed by atoms with E-state index in [2.05, 4.69) is 9.88 Å². The number of amides is 1. The van der Waals surface area contributed by atoms with Crippen LogP contribution in [0, 0.1) is 0 Å². The molecule has 0 bridgehead atoms. The van der Waals surface area contributed by atoms with Gasteiger partial charge < -0.3 is 15.2 Å². The van der Waals surface area contributed by atoms with Gasteiger partial charge in [-0.2, -0.15) is 0 Å². The van der Waals surface area contributed by atoms with Crippen molar-refractivity contribution in [2.75, 3.05) is 26.3 Å². The molecule has 1 aliphatic rings. The number of thiazole rings is 1. The van der Waals surface area contributed by atoms with Gasteiger partial charge >= 0.3 is 0 Å². The largest absolute Gasteiger partial charge is 0.490 e. The van der Waals surface area contributed by atoms with Gasteiger partial charge in [0.1, 0.15) is 18.0 Å². The molecule has 0 radical (unpaired) electrons. The number of halogens is 1. The molecular weight excluding hydrogens is 362 g/mol. The summed E-state index contributed by atoms with van der Waals surface area (Å²) in [6, 6.07) is 7.15. The second-order valence-corrected chi connectivity index (χ2v) is 7.51. The van der Waals surface area contributed by atoms with Gasteiger partial charge in [-0.3, -0.25) is 14.7 Å². The average Bonchev–Trinajstić information content (AvgIpc) is 3.06. The van der Waals surface area contributed by atoms with E-state index in [-0.39, 0.29) is 13.0 Å². The van der Waals surface area contributed by atoms with Gasteiger partial charge in [-0.15, -0.1) is 11.3 Å². The Hall–Kier alpha value is -1.67. The summed E-state index contributed by atoms with van der Waals surface area (Å²) in [7, 11) is 0. The van der Waals surface area contributed by atoms with Crippen LogP contribution >= 0.6 is 22.9 Å². The van der Waals surface area contributed by atoms with Gasteiger partial charge in [0.15, 0.2) is 0 Å². The molecule has 2 aromatic rings. The average molecular weight is 382 g/mol. The molecule has 1 aliphatic heterocycles. The van der Waals surface area contributed by atoms with Crippen molar-refractivity contribution in [3.05, 3.63) is 45.9 Å². The molecule has 2 heterocycles. The van der Waals surface area contributed by atoms with Gasteiger partial charge in [0.25, 0.3) is 0 Å². The number of benzene rings is 1. The molecule has 0 spiro atoms. The zero-order valence-corrected chi connectivity index (χ0v) is 15.3. The fourth-order valence-corrected chi connectivity index (χ4v) is 3.75. The minimum Gasteiger partial charge on any atom is -0.490 e. The highest BCUT2D eigenvalue weighted by atomic mass is 35.5. The Bertz CT molecular complexity index is 713. The van der Waals surface area contributed by atoms with Gasteiger partial charge in [-0.25, -0.2) is 0 Å². The van der Waals surface area contributed by atoms with Gasteiger partial charge in [-0.05, 0) is 18.2 Å². The third-order valence-corrected chi connectivity index (χ3v) is 4.98. The Morgan fingerprint density at radius 2 is 2.40 bits per heavy atom. The molecule has 8 heteroatoms. The molecule has 1 amide bonds. The molecule has 2 N–H and O–H groups in total. The zero-order chi connectivity index (χ0) is 17.7. The first-order valence-corrected chi connectivity index (χ1v) is 9.21. The number of aromatic nitrogens is 1. The van der Waals surface area contributed by atoms with E-state index in [4.69, 9.17) is 26.8 Å². The summed E-state index contributed by atoms with van der Waals surface area (Å²) in [5.41, 5.74) is 6.51. The van der Waals surface area contributed by atoms with Crippen molar-refractivity contribution in [3.8, 4) is 5.75 Å². The van der Waals surface area contributed by atoms with Crippen LogP contribution in [0.4, 0.5) is 0 Å². The molecule has 25 heavy (non-hydrogen) atoms. The summed E-state index contributed by atoms with van der Waals surface area (Å²) in [4.78, 5) is 19.1. The van der Waals surface area contributed by atoms with Crippen molar-refractivity contribution in [1.82, 2.24) is 9.88 Å². The van der Waals surface area contributed by atoms with Gasteiger partial charge in [0.2, 0.25) is 5.91 Å². The van der Waals surface area contributed by atoms with Crippen molar-refractivity contribution >= 4 is 28.8 Å².